The van der Waals surface area contributed by atoms with E-state index in [1.165, 1.54) is 12.1 Å². The molecule has 0 saturated heterocycles. The van der Waals surface area contributed by atoms with Crippen LogP contribution in [0.25, 0.3) is 10.9 Å². The van der Waals surface area contributed by atoms with Gasteiger partial charge in [0.2, 0.25) is 0 Å². The van der Waals surface area contributed by atoms with Crippen LogP contribution in [0.2, 0.25) is 0 Å². The molecular formula is C20H21FN2O2. The third-order valence-corrected chi connectivity index (χ3v) is 4.49. The lowest BCUT2D eigenvalue weighted by Gasteiger charge is -2.09. The van der Waals surface area contributed by atoms with E-state index in [0.717, 1.165) is 33.4 Å². The molecule has 0 atom stereocenters. The highest BCUT2D eigenvalue weighted by molar-refractivity contribution is 5.87. The quantitative estimate of drug-likeness (QED) is 0.661. The number of aryl methyl sites for hydroxylation is 1. The van der Waals surface area contributed by atoms with Gasteiger partial charge in [-0.3, -0.25) is 9.78 Å². The molecule has 3 rings (SSSR count). The van der Waals surface area contributed by atoms with Gasteiger partial charge in [0.25, 0.3) is 0 Å². The van der Waals surface area contributed by atoms with E-state index in [4.69, 9.17) is 4.74 Å². The number of carbonyl (C=O) groups is 1. The van der Waals surface area contributed by atoms with E-state index in [1.807, 2.05) is 30.5 Å². The Kier molecular flexibility index (Phi) is 4.83. The van der Waals surface area contributed by atoms with E-state index in [-0.39, 0.29) is 18.3 Å². The first-order valence-electron chi connectivity index (χ1n) is 8.34. The molecule has 2 heterocycles. The van der Waals surface area contributed by atoms with Gasteiger partial charge >= 0.3 is 5.97 Å². The lowest BCUT2D eigenvalue weighted by atomic mass is 10.0. The smallest absolute Gasteiger partial charge is 0.325 e. The highest BCUT2D eigenvalue weighted by Crippen LogP contribution is 2.29. The number of halogens is 1. The number of hydrogen-bond donors (Lipinski definition) is 0. The second-order valence-electron chi connectivity index (χ2n) is 6.04. The van der Waals surface area contributed by atoms with E-state index >= 15 is 0 Å². The number of pyridine rings is 1. The number of aromatic nitrogens is 2. The number of nitrogens with zero attached hydrogens (tertiary/aromatic N) is 2. The van der Waals surface area contributed by atoms with E-state index in [0.29, 0.717) is 13.0 Å². The molecule has 5 heteroatoms. The fraction of sp³-hybridized carbons (Fsp3) is 0.300. The van der Waals surface area contributed by atoms with Crippen molar-refractivity contribution in [3.63, 3.8) is 0 Å². The van der Waals surface area contributed by atoms with Crippen LogP contribution in [-0.2, 0) is 22.5 Å². The predicted molar refractivity (Wildman–Crippen MR) is 95.0 cm³/mol. The molecule has 1 aromatic carbocycles. The molecule has 0 bridgehead atoms. The molecule has 25 heavy (non-hydrogen) atoms. The first-order chi connectivity index (χ1) is 12.0. The first-order valence-corrected chi connectivity index (χ1v) is 8.34. The Bertz CT molecular complexity index is 931. The molecule has 0 aliphatic rings. The number of benzene rings is 1. The fourth-order valence-electron chi connectivity index (χ4n) is 3.18. The van der Waals surface area contributed by atoms with E-state index in [9.17, 15) is 9.18 Å². The zero-order chi connectivity index (χ0) is 18.0. The van der Waals surface area contributed by atoms with Crippen molar-refractivity contribution < 1.29 is 13.9 Å². The molecule has 130 valence electrons. The molecule has 0 N–H and O–H groups in total. The van der Waals surface area contributed by atoms with Crippen LogP contribution in [0.15, 0.2) is 36.5 Å². The molecule has 3 aromatic rings. The molecule has 4 nitrogen and oxygen atoms in total. The summed E-state index contributed by atoms with van der Waals surface area (Å²) in [5.41, 5.74) is 4.82. The van der Waals surface area contributed by atoms with Crippen LogP contribution in [-0.4, -0.2) is 22.1 Å². The molecule has 0 saturated carbocycles. The Morgan fingerprint density at radius 3 is 2.80 bits per heavy atom. The monoisotopic (exact) mass is 340 g/mol. The summed E-state index contributed by atoms with van der Waals surface area (Å²) in [5, 5.41) is 0.824. The minimum atomic E-state index is -0.295. The molecule has 0 fully saturated rings. The van der Waals surface area contributed by atoms with Gasteiger partial charge in [0.15, 0.2) is 0 Å². The summed E-state index contributed by atoms with van der Waals surface area (Å²) < 4.78 is 20.8. The molecular weight excluding hydrogens is 319 g/mol. The molecule has 0 radical (unpaired) electrons. The molecule has 0 amide bonds. The van der Waals surface area contributed by atoms with Crippen LogP contribution in [0.1, 0.15) is 29.4 Å². The third kappa shape index (κ3) is 3.40. The lowest BCUT2D eigenvalue weighted by Crippen LogP contribution is -2.14. The SMILES string of the molecule is CCOC(=O)Cn1c(C)c(Cc2cccnc2C)c2cc(F)ccc21. The predicted octanol–water partition coefficient (Wildman–Crippen LogP) is 3.95. The highest BCUT2D eigenvalue weighted by Gasteiger charge is 2.18. The largest absolute Gasteiger partial charge is 0.465 e. The van der Waals surface area contributed by atoms with Crippen molar-refractivity contribution in [3.8, 4) is 0 Å². The van der Waals surface area contributed by atoms with Crippen molar-refractivity contribution in [2.45, 2.75) is 33.7 Å². The molecule has 0 aliphatic carbocycles. The summed E-state index contributed by atoms with van der Waals surface area (Å²) in [6.45, 7) is 6.16. The first kappa shape index (κ1) is 17.1. The zero-order valence-electron chi connectivity index (χ0n) is 14.7. The molecule has 0 aliphatic heterocycles. The number of rotatable bonds is 5. The van der Waals surface area contributed by atoms with Gasteiger partial charge in [-0.25, -0.2) is 4.39 Å². The van der Waals surface area contributed by atoms with Gasteiger partial charge in [-0.1, -0.05) is 6.07 Å². The van der Waals surface area contributed by atoms with Crippen molar-refractivity contribution in [2.75, 3.05) is 6.61 Å². The number of fused-ring (bicyclic) bond motifs is 1. The summed E-state index contributed by atoms with van der Waals surface area (Å²) in [7, 11) is 0. The summed E-state index contributed by atoms with van der Waals surface area (Å²) in [6.07, 6.45) is 2.40. The maximum absolute atomic E-state index is 13.8. The lowest BCUT2D eigenvalue weighted by molar-refractivity contribution is -0.143. The standard InChI is InChI=1S/C20H21FN2O2/c1-4-25-20(24)12-23-14(3)17(10-15-6-5-9-22-13(15)2)18-11-16(21)7-8-19(18)23/h5-9,11H,4,10,12H2,1-3H3. The summed E-state index contributed by atoms with van der Waals surface area (Å²) in [5.74, 6) is -0.583. The molecule has 0 unspecified atom stereocenters. The van der Waals surface area contributed by atoms with Gasteiger partial charge in [0.1, 0.15) is 12.4 Å². The Morgan fingerprint density at radius 1 is 1.28 bits per heavy atom. The normalized spacial score (nSPS) is 11.0. The van der Waals surface area contributed by atoms with Crippen LogP contribution >= 0.6 is 0 Å². The fourth-order valence-corrected chi connectivity index (χ4v) is 3.18. The second-order valence-corrected chi connectivity index (χ2v) is 6.04. The third-order valence-electron chi connectivity index (χ3n) is 4.49. The van der Waals surface area contributed by atoms with Gasteiger partial charge in [0, 0.05) is 34.9 Å². The Hall–Kier alpha value is -2.69. The van der Waals surface area contributed by atoms with E-state index in [1.54, 1.807) is 19.2 Å². The van der Waals surface area contributed by atoms with Crippen LogP contribution in [0.3, 0.4) is 0 Å². The average Bonchev–Trinajstić information content (AvgIpc) is 2.82. The molecule has 0 spiro atoms. The van der Waals surface area contributed by atoms with Crippen LogP contribution in [0.4, 0.5) is 4.39 Å². The number of carbonyl (C=O) groups excluding carboxylic acids is 1. The Balaban J connectivity index is 2.11. The zero-order valence-corrected chi connectivity index (χ0v) is 14.7. The van der Waals surface area contributed by atoms with Crippen molar-refractivity contribution >= 4 is 16.9 Å². The minimum absolute atomic E-state index is 0.119. The van der Waals surface area contributed by atoms with Gasteiger partial charge in [0.05, 0.1) is 6.61 Å². The number of ether oxygens (including phenoxy) is 1. The van der Waals surface area contributed by atoms with Gasteiger partial charge in [-0.05, 0) is 56.2 Å². The maximum Gasteiger partial charge on any atom is 0.325 e. The topological polar surface area (TPSA) is 44.1 Å². The van der Waals surface area contributed by atoms with Crippen molar-refractivity contribution in [3.05, 3.63) is 64.9 Å². The van der Waals surface area contributed by atoms with Gasteiger partial charge in [-0.2, -0.15) is 0 Å². The Labute approximate surface area is 146 Å². The second kappa shape index (κ2) is 7.05. The summed E-state index contributed by atoms with van der Waals surface area (Å²) in [4.78, 5) is 16.3. The summed E-state index contributed by atoms with van der Waals surface area (Å²) in [6, 6.07) is 8.59. The maximum atomic E-state index is 13.8. The summed E-state index contributed by atoms with van der Waals surface area (Å²) >= 11 is 0. The van der Waals surface area contributed by atoms with Crippen LogP contribution < -0.4 is 0 Å². The Morgan fingerprint density at radius 2 is 2.08 bits per heavy atom. The van der Waals surface area contributed by atoms with Gasteiger partial charge in [-0.15, -0.1) is 0 Å². The van der Waals surface area contributed by atoms with Crippen molar-refractivity contribution in [1.82, 2.24) is 9.55 Å². The number of esters is 1. The van der Waals surface area contributed by atoms with Gasteiger partial charge < -0.3 is 9.30 Å². The highest BCUT2D eigenvalue weighted by atomic mass is 19.1. The van der Waals surface area contributed by atoms with E-state index < -0.39 is 0 Å². The van der Waals surface area contributed by atoms with E-state index in [2.05, 4.69) is 4.98 Å². The van der Waals surface area contributed by atoms with Crippen LogP contribution in [0, 0.1) is 19.7 Å². The average molecular weight is 340 g/mol. The van der Waals surface area contributed by atoms with Crippen LogP contribution in [0.5, 0.6) is 0 Å². The number of hydrogen-bond acceptors (Lipinski definition) is 3. The minimum Gasteiger partial charge on any atom is -0.465 e. The van der Waals surface area contributed by atoms with Crippen molar-refractivity contribution in [1.29, 1.82) is 0 Å². The molecule has 2 aromatic heterocycles. The van der Waals surface area contributed by atoms with Crippen molar-refractivity contribution in [2.24, 2.45) is 0 Å².